The number of para-hydroxylation sites is 1. The van der Waals surface area contributed by atoms with Crippen molar-refractivity contribution in [2.24, 2.45) is 0 Å². The molecule has 18 heteroatoms. The normalized spacial score (nSPS) is 11.0. The van der Waals surface area contributed by atoms with Gasteiger partial charge in [0.05, 0.1) is 73.8 Å². The van der Waals surface area contributed by atoms with Crippen LogP contribution < -0.4 is 0 Å². The molecule has 0 spiro atoms. The third-order valence-electron chi connectivity index (χ3n) is 23.4. The van der Waals surface area contributed by atoms with Crippen molar-refractivity contribution in [3.63, 3.8) is 0 Å². The van der Waals surface area contributed by atoms with Crippen LogP contribution in [0, 0.1) is 0 Å². The first-order valence-electron chi connectivity index (χ1n) is 45.1. The van der Waals surface area contributed by atoms with Gasteiger partial charge in [-0.25, -0.2) is 64.8 Å². The van der Waals surface area contributed by atoms with E-state index in [9.17, 15) is 0 Å². The summed E-state index contributed by atoms with van der Waals surface area (Å²) in [6.07, 6.45) is 9.15. The van der Waals surface area contributed by atoms with Gasteiger partial charge >= 0.3 is 0 Å². The van der Waals surface area contributed by atoms with Crippen molar-refractivity contribution in [3.8, 4) is 204 Å². The molecule has 138 heavy (non-hydrogen) atoms. The Morgan fingerprint density at radius 3 is 0.746 bits per heavy atom. The Kier molecular flexibility index (Phi) is 23.9. The Labute approximate surface area is 795 Å². The van der Waals surface area contributed by atoms with E-state index in [1.807, 2.05) is 340 Å². The maximum atomic E-state index is 5.09. The zero-order chi connectivity index (χ0) is 92.1. The molecule has 0 fully saturated rings. The van der Waals surface area contributed by atoms with Crippen LogP contribution in [0.15, 0.2) is 474 Å². The van der Waals surface area contributed by atoms with E-state index >= 15 is 0 Å². The largest absolute Gasteiger partial charge is 0.254 e. The van der Waals surface area contributed by atoms with Crippen molar-refractivity contribution in [2.75, 3.05) is 0 Å². The minimum Gasteiger partial charge on any atom is -0.254 e. The molecule has 0 aliphatic carbocycles. The number of hydrogen-bond acceptors (Lipinski definition) is 18. The van der Waals surface area contributed by atoms with E-state index in [0.29, 0.717) is 52.4 Å². The fourth-order valence-electron chi connectivity index (χ4n) is 16.4. The molecule has 0 aliphatic heterocycles. The number of pyridine rings is 9. The zero-order valence-corrected chi connectivity index (χ0v) is 74.1. The summed E-state index contributed by atoms with van der Waals surface area (Å²) in [5, 5.41) is 5.46. The highest BCUT2D eigenvalue weighted by Crippen LogP contribution is 2.39. The van der Waals surface area contributed by atoms with Gasteiger partial charge in [0.15, 0.2) is 52.4 Å². The van der Waals surface area contributed by atoms with Gasteiger partial charge in [-0.2, -0.15) is 0 Å². The van der Waals surface area contributed by atoms with Crippen molar-refractivity contribution >= 4 is 32.4 Å². The molecule has 0 bridgehead atoms. The van der Waals surface area contributed by atoms with Crippen molar-refractivity contribution in [3.05, 3.63) is 474 Å². The fraction of sp³-hybridized carbons (Fsp3) is 0. The molecule has 0 unspecified atom stereocenters. The molecule has 0 amide bonds. The van der Waals surface area contributed by atoms with Gasteiger partial charge in [-0.3, -0.25) is 24.9 Å². The Bertz CT molecular complexity index is 7930. The van der Waals surface area contributed by atoms with E-state index in [2.05, 4.69) is 115 Å². The summed E-state index contributed by atoms with van der Waals surface area (Å²) >= 11 is 0. The van der Waals surface area contributed by atoms with Gasteiger partial charge in [0.25, 0.3) is 0 Å². The van der Waals surface area contributed by atoms with Crippen LogP contribution in [-0.2, 0) is 0 Å². The first-order valence-corrected chi connectivity index (χ1v) is 45.1. The van der Waals surface area contributed by atoms with Gasteiger partial charge in [0.1, 0.15) is 0 Å². The Hall–Kier alpha value is -19.2. The van der Waals surface area contributed by atoms with Crippen LogP contribution in [-0.4, -0.2) is 89.7 Å². The second-order valence-corrected chi connectivity index (χ2v) is 32.6. The number of benzene rings is 12. The van der Waals surface area contributed by atoms with Gasteiger partial charge in [0.2, 0.25) is 0 Å². The predicted molar refractivity (Wildman–Crippen MR) is 550 cm³/mol. The topological polar surface area (TPSA) is 232 Å². The minimum absolute atomic E-state index is 0.554. The lowest BCUT2D eigenvalue weighted by molar-refractivity contribution is 1.07. The molecule has 0 saturated heterocycles. The summed E-state index contributed by atoms with van der Waals surface area (Å²) in [6, 6.07) is 148. The minimum atomic E-state index is 0.554. The molecular formula is C120H78N18. The van der Waals surface area contributed by atoms with Gasteiger partial charge in [-0.1, -0.05) is 346 Å². The smallest absolute Gasteiger partial charge is 0.165 e. The second-order valence-electron chi connectivity index (χ2n) is 32.6. The molecule has 12 heterocycles. The third-order valence-corrected chi connectivity index (χ3v) is 23.4. The molecule has 0 saturated carbocycles. The van der Waals surface area contributed by atoms with Crippen LogP contribution in [0.5, 0.6) is 0 Å². The zero-order valence-electron chi connectivity index (χ0n) is 74.1. The molecular weight excluding hydrogens is 1690 g/mol. The fourth-order valence-corrected chi connectivity index (χ4v) is 16.4. The summed E-state index contributed by atoms with van der Waals surface area (Å²) in [6.45, 7) is 0. The second kappa shape index (κ2) is 39.1. The molecule has 24 aromatic rings. The van der Waals surface area contributed by atoms with E-state index in [0.717, 1.165) is 184 Å². The molecule has 0 N–H and O–H groups in total. The number of fused-ring (bicyclic) bond motifs is 3. The molecule has 0 aliphatic rings. The van der Waals surface area contributed by atoms with Crippen molar-refractivity contribution in [1.82, 2.24) is 89.7 Å². The molecule has 18 nitrogen and oxygen atoms in total. The maximum absolute atomic E-state index is 5.09. The lowest BCUT2D eigenvalue weighted by atomic mass is 10.0. The Morgan fingerprint density at radius 2 is 0.391 bits per heavy atom. The molecule has 0 atom stereocenters. The average Bonchev–Trinajstić information content (AvgIpc) is 0.790. The van der Waals surface area contributed by atoms with Crippen LogP contribution in [0.25, 0.3) is 237 Å². The number of nitrogens with zero attached hydrogens (tertiary/aromatic N) is 18. The first-order chi connectivity index (χ1) is 68.3. The Morgan fingerprint density at radius 1 is 0.123 bits per heavy atom. The maximum Gasteiger partial charge on any atom is 0.165 e. The standard InChI is InChI=1S/3C40H26N6/c1-4-12-27(13-5-1)32-24-36(43-37(25-32)35-23-20-28-14-10-11-19-33(28)42-35)34-22-21-31(26-41-34)40-45-38(29-15-6-2-7-16-29)44-39(46-40)30-17-8-3-9-18-30;1-4-12-27(13-5-1)32-24-35(43-36(25-32)37-33-19-11-10-14-28(33)22-23-41-37)34-21-20-31(26-42-34)40-45-38(29-15-6-2-7-16-29)44-39(46-40)30-17-8-3-9-18-30;1-4-12-27(13-5-1)33-23-36(43-37(24-33)35-22-30-18-10-11-19-31(30)25-42-35)34-21-20-32(26-41-34)40-45-38(28-14-6-2-7-15-28)44-39(46-40)29-16-8-3-9-17-29/h3*1-26H. The van der Waals surface area contributed by atoms with Gasteiger partial charge < -0.3 is 0 Å². The predicted octanol–water partition coefficient (Wildman–Crippen LogP) is 27.6. The van der Waals surface area contributed by atoms with Crippen LogP contribution >= 0.6 is 0 Å². The SMILES string of the molecule is c1ccc(-c2cc(-c3ccc(-c4nc(-c5ccccc5)nc(-c5ccccc5)n4)cn3)nc(-c3cc4ccccc4cn3)c2)cc1.c1ccc(-c2cc(-c3ccc(-c4nc(-c5ccccc5)nc(-c5ccccc5)n4)cn3)nc(-c3ccc4ccccc4n3)c2)cc1.c1ccc(-c2cc(-c3ccc(-c4nc(-c5ccccc5)nc(-c5ccccc5)n4)cn3)nc(-c3nccc4ccccc34)c2)cc1. The molecule has 12 aromatic heterocycles. The first kappa shape index (κ1) is 84.4. The summed E-state index contributed by atoms with van der Waals surface area (Å²) in [5.41, 5.74) is 24.5. The van der Waals surface area contributed by atoms with Crippen LogP contribution in [0.2, 0.25) is 0 Å². The summed E-state index contributed by atoms with van der Waals surface area (Å²) in [7, 11) is 0. The van der Waals surface area contributed by atoms with Gasteiger partial charge in [-0.15, -0.1) is 0 Å². The van der Waals surface area contributed by atoms with E-state index in [-0.39, 0.29) is 0 Å². The van der Waals surface area contributed by atoms with Crippen molar-refractivity contribution in [1.29, 1.82) is 0 Å². The molecule has 24 rings (SSSR count). The summed E-state index contributed by atoms with van der Waals surface area (Å²) in [5.74, 6) is 5.32. The van der Waals surface area contributed by atoms with Crippen molar-refractivity contribution < 1.29 is 0 Å². The van der Waals surface area contributed by atoms with Crippen LogP contribution in [0.1, 0.15) is 0 Å². The summed E-state index contributed by atoms with van der Waals surface area (Å²) < 4.78 is 0. The number of rotatable bonds is 18. The highest BCUT2D eigenvalue weighted by Gasteiger charge is 2.22. The molecule has 0 radical (unpaired) electrons. The van der Waals surface area contributed by atoms with Gasteiger partial charge in [-0.05, 0) is 141 Å². The van der Waals surface area contributed by atoms with Crippen LogP contribution in [0.3, 0.4) is 0 Å². The molecule has 648 valence electrons. The average molecular weight is 1770 g/mol. The van der Waals surface area contributed by atoms with E-state index < -0.39 is 0 Å². The highest BCUT2D eigenvalue weighted by atomic mass is 15.1. The number of hydrogen-bond donors (Lipinski definition) is 0. The summed E-state index contributed by atoms with van der Waals surface area (Å²) in [4.78, 5) is 87.8. The van der Waals surface area contributed by atoms with Gasteiger partial charge in [0, 0.05) is 97.2 Å². The lowest BCUT2D eigenvalue weighted by Crippen LogP contribution is -2.00. The van der Waals surface area contributed by atoms with E-state index in [4.69, 9.17) is 89.7 Å². The monoisotopic (exact) mass is 1770 g/mol. The quantitative estimate of drug-likeness (QED) is 0.0777. The van der Waals surface area contributed by atoms with Crippen molar-refractivity contribution in [2.45, 2.75) is 0 Å². The lowest BCUT2D eigenvalue weighted by Gasteiger charge is -2.11. The number of aromatic nitrogens is 18. The highest BCUT2D eigenvalue weighted by molar-refractivity contribution is 5.95. The van der Waals surface area contributed by atoms with E-state index in [1.54, 1.807) is 18.6 Å². The Balaban J connectivity index is 0.000000119. The van der Waals surface area contributed by atoms with Crippen LogP contribution in [0.4, 0.5) is 0 Å². The van der Waals surface area contributed by atoms with E-state index in [1.165, 1.54) is 0 Å². The molecule has 12 aromatic carbocycles. The third kappa shape index (κ3) is 18.9.